The summed E-state index contributed by atoms with van der Waals surface area (Å²) in [6.45, 7) is 9.27. The van der Waals surface area contributed by atoms with E-state index in [2.05, 4.69) is 37.4 Å². The summed E-state index contributed by atoms with van der Waals surface area (Å²) in [6, 6.07) is 16.1. The highest BCUT2D eigenvalue weighted by Gasteiger charge is 2.32. The third kappa shape index (κ3) is 5.46. The van der Waals surface area contributed by atoms with Crippen LogP contribution in [0.15, 0.2) is 48.5 Å². The average molecular weight is 423 g/mol. The maximum atomic E-state index is 13.1. The fraction of sp³-hybridized carbons (Fsp3) is 0.462. The first-order valence-corrected chi connectivity index (χ1v) is 11.4. The number of benzene rings is 2. The van der Waals surface area contributed by atoms with E-state index in [9.17, 15) is 9.59 Å². The number of likely N-dealkylation sites (N-methyl/N-ethyl adjacent to an activating group) is 1. The van der Waals surface area contributed by atoms with Crippen molar-refractivity contribution in [2.45, 2.75) is 59.1 Å². The zero-order valence-corrected chi connectivity index (χ0v) is 19.1. The minimum Gasteiger partial charge on any atom is -0.481 e. The minimum absolute atomic E-state index is 0.101. The third-order valence-corrected chi connectivity index (χ3v) is 5.66. The zero-order chi connectivity index (χ0) is 22.4. The second-order valence-electron chi connectivity index (χ2n) is 8.52. The molecule has 1 heterocycles. The van der Waals surface area contributed by atoms with Crippen molar-refractivity contribution in [2.24, 2.45) is 5.92 Å². The van der Waals surface area contributed by atoms with Gasteiger partial charge in [-0.05, 0) is 54.5 Å². The summed E-state index contributed by atoms with van der Waals surface area (Å²) in [5.74, 6) is 1.05. The van der Waals surface area contributed by atoms with Gasteiger partial charge in [-0.1, -0.05) is 57.2 Å². The summed E-state index contributed by atoms with van der Waals surface area (Å²) in [4.78, 5) is 27.4. The van der Waals surface area contributed by atoms with Crippen LogP contribution < -0.4 is 10.1 Å². The van der Waals surface area contributed by atoms with Crippen molar-refractivity contribution >= 4 is 11.8 Å². The van der Waals surface area contributed by atoms with E-state index in [1.807, 2.05) is 49.1 Å². The van der Waals surface area contributed by atoms with Crippen LogP contribution in [0.4, 0.5) is 0 Å². The fourth-order valence-electron chi connectivity index (χ4n) is 4.17. The van der Waals surface area contributed by atoms with E-state index in [4.69, 9.17) is 4.74 Å². The summed E-state index contributed by atoms with van der Waals surface area (Å²) >= 11 is 0. The van der Waals surface area contributed by atoms with E-state index in [-0.39, 0.29) is 17.9 Å². The van der Waals surface area contributed by atoms with Gasteiger partial charge in [0.25, 0.3) is 5.91 Å². The highest BCUT2D eigenvalue weighted by molar-refractivity contribution is 5.81. The van der Waals surface area contributed by atoms with Crippen molar-refractivity contribution in [3.63, 3.8) is 0 Å². The number of carbonyl (C=O) groups excluding carboxylic acids is 2. The van der Waals surface area contributed by atoms with Gasteiger partial charge in [-0.3, -0.25) is 9.59 Å². The largest absolute Gasteiger partial charge is 0.481 e. The number of nitrogens with zero attached hydrogens (tertiary/aromatic N) is 1. The number of hydrogen-bond donors (Lipinski definition) is 1. The summed E-state index contributed by atoms with van der Waals surface area (Å²) in [6.07, 6.45) is 1.40. The molecular formula is C26H34N2O3. The molecule has 1 aliphatic rings. The quantitative estimate of drug-likeness (QED) is 0.681. The van der Waals surface area contributed by atoms with E-state index >= 15 is 0 Å². The second-order valence-corrected chi connectivity index (χ2v) is 8.52. The molecule has 0 spiro atoms. The lowest BCUT2D eigenvalue weighted by molar-refractivity contribution is -0.134. The molecule has 0 fully saturated rings. The molecule has 0 bridgehead atoms. The van der Waals surface area contributed by atoms with Crippen LogP contribution >= 0.6 is 0 Å². The van der Waals surface area contributed by atoms with Crippen LogP contribution in [-0.4, -0.2) is 35.9 Å². The Morgan fingerprint density at radius 1 is 1.13 bits per heavy atom. The lowest BCUT2D eigenvalue weighted by atomic mass is 9.87. The van der Waals surface area contributed by atoms with Gasteiger partial charge < -0.3 is 15.0 Å². The van der Waals surface area contributed by atoms with Crippen molar-refractivity contribution in [1.29, 1.82) is 0 Å². The Hall–Kier alpha value is -2.82. The van der Waals surface area contributed by atoms with Crippen LogP contribution in [0.3, 0.4) is 0 Å². The van der Waals surface area contributed by atoms with Crippen molar-refractivity contribution in [1.82, 2.24) is 10.2 Å². The van der Waals surface area contributed by atoms with Crippen LogP contribution in [0.2, 0.25) is 0 Å². The van der Waals surface area contributed by atoms with Crippen molar-refractivity contribution in [3.05, 3.63) is 65.2 Å². The first-order valence-electron chi connectivity index (χ1n) is 11.4. The van der Waals surface area contributed by atoms with Gasteiger partial charge in [0.2, 0.25) is 5.91 Å². The molecule has 1 aliphatic heterocycles. The molecule has 0 saturated heterocycles. The standard InChI is InChI=1S/C26H34N2O3/c1-5-23(26(30)27-6-2)31-21-13-12-19-14-15-28(24(29)16-18(3)4)25(22(19)17-21)20-10-8-7-9-11-20/h7-13,17-18,23,25H,5-6,14-16H2,1-4H3,(H,27,30)/t23-,25+/m0/s1. The molecule has 5 heteroatoms. The van der Waals surface area contributed by atoms with Gasteiger partial charge in [0.05, 0.1) is 6.04 Å². The molecule has 3 rings (SSSR count). The van der Waals surface area contributed by atoms with Crippen LogP contribution in [0.1, 0.15) is 63.3 Å². The Balaban J connectivity index is 1.97. The van der Waals surface area contributed by atoms with Crippen LogP contribution in [-0.2, 0) is 16.0 Å². The number of hydrogen-bond acceptors (Lipinski definition) is 3. The fourth-order valence-corrected chi connectivity index (χ4v) is 4.17. The average Bonchev–Trinajstić information content (AvgIpc) is 2.76. The second kappa shape index (κ2) is 10.5. The number of fused-ring (bicyclic) bond motifs is 1. The minimum atomic E-state index is -0.532. The molecule has 166 valence electrons. The lowest BCUT2D eigenvalue weighted by Crippen LogP contribution is -2.41. The van der Waals surface area contributed by atoms with E-state index in [0.29, 0.717) is 37.6 Å². The normalized spacial score (nSPS) is 16.5. The zero-order valence-electron chi connectivity index (χ0n) is 19.1. The van der Waals surface area contributed by atoms with E-state index in [0.717, 1.165) is 17.5 Å². The van der Waals surface area contributed by atoms with Gasteiger partial charge in [-0.25, -0.2) is 0 Å². The molecule has 0 aromatic heterocycles. The van der Waals surface area contributed by atoms with Gasteiger partial charge in [0, 0.05) is 19.5 Å². The molecule has 2 aromatic rings. The highest BCUT2D eigenvalue weighted by Crippen LogP contribution is 2.38. The van der Waals surface area contributed by atoms with Gasteiger partial charge in [0.15, 0.2) is 6.10 Å². The molecule has 2 amide bonds. The molecule has 0 unspecified atom stereocenters. The summed E-state index contributed by atoms with van der Waals surface area (Å²) in [5, 5.41) is 2.84. The Bertz CT molecular complexity index is 895. The number of ether oxygens (including phenoxy) is 1. The molecule has 5 nitrogen and oxygen atoms in total. The molecule has 0 aliphatic carbocycles. The molecule has 2 atom stereocenters. The maximum absolute atomic E-state index is 13.1. The Morgan fingerprint density at radius 2 is 1.87 bits per heavy atom. The van der Waals surface area contributed by atoms with Crippen LogP contribution in [0.25, 0.3) is 0 Å². The number of carbonyl (C=O) groups is 2. The SMILES string of the molecule is CCNC(=O)[C@H](CC)Oc1ccc2c(c1)[C@@H](c1ccccc1)N(C(=O)CC(C)C)CC2. The van der Waals surface area contributed by atoms with Crippen LogP contribution in [0.5, 0.6) is 5.75 Å². The molecular weight excluding hydrogens is 388 g/mol. The Labute approximate surface area is 185 Å². The van der Waals surface area contributed by atoms with Gasteiger partial charge in [-0.15, -0.1) is 0 Å². The Kier molecular flexibility index (Phi) is 7.72. The van der Waals surface area contributed by atoms with Crippen molar-refractivity contribution in [2.75, 3.05) is 13.1 Å². The van der Waals surface area contributed by atoms with Crippen molar-refractivity contribution < 1.29 is 14.3 Å². The summed E-state index contributed by atoms with van der Waals surface area (Å²) in [7, 11) is 0. The summed E-state index contributed by atoms with van der Waals surface area (Å²) in [5.41, 5.74) is 3.40. The molecule has 1 N–H and O–H groups in total. The first-order chi connectivity index (χ1) is 14.9. The number of rotatable bonds is 8. The van der Waals surface area contributed by atoms with Gasteiger partial charge >= 0.3 is 0 Å². The summed E-state index contributed by atoms with van der Waals surface area (Å²) < 4.78 is 6.07. The van der Waals surface area contributed by atoms with Gasteiger partial charge in [-0.2, -0.15) is 0 Å². The maximum Gasteiger partial charge on any atom is 0.261 e. The molecule has 31 heavy (non-hydrogen) atoms. The predicted octanol–water partition coefficient (Wildman–Crippen LogP) is 4.50. The molecule has 0 radical (unpaired) electrons. The van der Waals surface area contributed by atoms with Crippen LogP contribution in [0, 0.1) is 5.92 Å². The molecule has 2 aromatic carbocycles. The first kappa shape index (κ1) is 22.9. The topological polar surface area (TPSA) is 58.6 Å². The third-order valence-electron chi connectivity index (χ3n) is 5.66. The lowest BCUT2D eigenvalue weighted by Gasteiger charge is -2.38. The van der Waals surface area contributed by atoms with Crippen molar-refractivity contribution in [3.8, 4) is 5.75 Å². The van der Waals surface area contributed by atoms with E-state index in [1.54, 1.807) is 0 Å². The highest BCUT2D eigenvalue weighted by atomic mass is 16.5. The van der Waals surface area contributed by atoms with E-state index < -0.39 is 6.10 Å². The van der Waals surface area contributed by atoms with E-state index in [1.165, 1.54) is 5.56 Å². The molecule has 0 saturated carbocycles. The Morgan fingerprint density at radius 3 is 2.52 bits per heavy atom. The van der Waals surface area contributed by atoms with Gasteiger partial charge in [0.1, 0.15) is 5.75 Å². The monoisotopic (exact) mass is 422 g/mol. The predicted molar refractivity (Wildman–Crippen MR) is 123 cm³/mol. The smallest absolute Gasteiger partial charge is 0.261 e. The number of nitrogens with one attached hydrogen (secondary N) is 1. The number of amides is 2.